The van der Waals surface area contributed by atoms with Gasteiger partial charge in [0.05, 0.1) is 13.4 Å². The second-order valence-electron chi connectivity index (χ2n) is 4.27. The molecule has 1 aromatic rings. The molecule has 86 valence electrons. The van der Waals surface area contributed by atoms with Crippen molar-refractivity contribution >= 4 is 0 Å². The molecule has 0 spiro atoms. The molecule has 0 saturated carbocycles. The minimum atomic E-state index is 1.07. The van der Waals surface area contributed by atoms with Crippen LogP contribution in [0.15, 0.2) is 42.2 Å². The van der Waals surface area contributed by atoms with Crippen molar-refractivity contribution in [1.82, 2.24) is 4.90 Å². The summed E-state index contributed by atoms with van der Waals surface area (Å²) in [5.41, 5.74) is 2.84. The summed E-state index contributed by atoms with van der Waals surface area (Å²) in [6.45, 7) is 3.36. The molecule has 0 aromatic heterocycles. The maximum atomic E-state index is 5.05. The van der Waals surface area contributed by atoms with Gasteiger partial charge in [-0.05, 0) is 24.0 Å². The average molecular weight is 217 g/mol. The molecule has 0 bridgehead atoms. The summed E-state index contributed by atoms with van der Waals surface area (Å²) >= 11 is 0. The number of likely N-dealkylation sites (tertiary alicyclic amines) is 1. The Balaban J connectivity index is 1.84. The van der Waals surface area contributed by atoms with E-state index in [0.29, 0.717) is 0 Å². The Hall–Kier alpha value is -1.28. The predicted octanol–water partition coefficient (Wildman–Crippen LogP) is 2.81. The Labute approximate surface area is 97.5 Å². The third-order valence-electron chi connectivity index (χ3n) is 3.03. The highest BCUT2D eigenvalue weighted by atomic mass is 16.5. The Morgan fingerprint density at radius 3 is 2.50 bits per heavy atom. The largest absolute Gasteiger partial charge is 0.504 e. The lowest BCUT2D eigenvalue weighted by molar-refractivity contribution is 0.240. The van der Waals surface area contributed by atoms with Crippen molar-refractivity contribution in [2.75, 3.05) is 20.2 Å². The molecule has 0 aliphatic carbocycles. The van der Waals surface area contributed by atoms with Crippen LogP contribution in [0.3, 0.4) is 0 Å². The van der Waals surface area contributed by atoms with Gasteiger partial charge < -0.3 is 4.74 Å². The fourth-order valence-electron chi connectivity index (χ4n) is 2.12. The normalized spacial score (nSPS) is 17.2. The van der Waals surface area contributed by atoms with Crippen LogP contribution >= 0.6 is 0 Å². The number of rotatable bonds is 3. The van der Waals surface area contributed by atoms with Gasteiger partial charge >= 0.3 is 0 Å². The molecule has 1 heterocycles. The van der Waals surface area contributed by atoms with Gasteiger partial charge in [0.15, 0.2) is 0 Å². The fraction of sp³-hybridized carbons (Fsp3) is 0.429. The molecule has 0 radical (unpaired) electrons. The summed E-state index contributed by atoms with van der Waals surface area (Å²) in [6.07, 6.45) is 4.18. The van der Waals surface area contributed by atoms with E-state index in [4.69, 9.17) is 4.74 Å². The molecule has 0 unspecified atom stereocenters. The van der Waals surface area contributed by atoms with Crippen LogP contribution in [0.4, 0.5) is 0 Å². The molecule has 1 aliphatic heterocycles. The first-order chi connectivity index (χ1) is 7.88. The molecule has 1 fully saturated rings. The Kier molecular flexibility index (Phi) is 4.00. The molecule has 1 saturated heterocycles. The van der Waals surface area contributed by atoms with E-state index in [9.17, 15) is 0 Å². The van der Waals surface area contributed by atoms with Gasteiger partial charge in [-0.15, -0.1) is 0 Å². The molecule has 2 heteroatoms. The van der Waals surface area contributed by atoms with Gasteiger partial charge in [-0.1, -0.05) is 30.3 Å². The summed E-state index contributed by atoms with van der Waals surface area (Å²) in [6, 6.07) is 10.7. The zero-order chi connectivity index (χ0) is 11.2. The third-order valence-corrected chi connectivity index (χ3v) is 3.03. The smallest absolute Gasteiger partial charge is 0.0817 e. The number of piperidine rings is 1. The van der Waals surface area contributed by atoms with Gasteiger partial charge in [0.1, 0.15) is 0 Å². The van der Waals surface area contributed by atoms with E-state index < -0.39 is 0 Å². The SMILES string of the molecule is COC=C1CCN(Cc2ccccc2)CC1. The van der Waals surface area contributed by atoms with Crippen molar-refractivity contribution in [1.29, 1.82) is 0 Å². The number of methoxy groups -OCH3 is 1. The number of nitrogens with zero attached hydrogens (tertiary/aromatic N) is 1. The summed E-state index contributed by atoms with van der Waals surface area (Å²) < 4.78 is 5.05. The average Bonchev–Trinajstić information content (AvgIpc) is 2.33. The predicted molar refractivity (Wildman–Crippen MR) is 66.0 cm³/mol. The van der Waals surface area contributed by atoms with Crippen molar-refractivity contribution in [2.45, 2.75) is 19.4 Å². The second kappa shape index (κ2) is 5.71. The van der Waals surface area contributed by atoms with Crippen LogP contribution < -0.4 is 0 Å². The Morgan fingerprint density at radius 1 is 1.19 bits per heavy atom. The van der Waals surface area contributed by atoms with E-state index in [1.807, 2.05) is 6.26 Å². The van der Waals surface area contributed by atoms with Crippen LogP contribution in [0.1, 0.15) is 18.4 Å². The van der Waals surface area contributed by atoms with Gasteiger partial charge in [0.25, 0.3) is 0 Å². The van der Waals surface area contributed by atoms with Gasteiger partial charge in [0, 0.05) is 19.6 Å². The first kappa shape index (κ1) is 11.2. The molecular formula is C14H19NO. The van der Waals surface area contributed by atoms with Crippen molar-refractivity contribution in [3.8, 4) is 0 Å². The van der Waals surface area contributed by atoms with E-state index >= 15 is 0 Å². The number of hydrogen-bond donors (Lipinski definition) is 0. The van der Waals surface area contributed by atoms with E-state index in [2.05, 4.69) is 35.2 Å². The first-order valence-corrected chi connectivity index (χ1v) is 5.85. The highest BCUT2D eigenvalue weighted by molar-refractivity contribution is 5.15. The van der Waals surface area contributed by atoms with Crippen LogP contribution in [-0.4, -0.2) is 25.1 Å². The summed E-state index contributed by atoms with van der Waals surface area (Å²) in [5, 5.41) is 0. The van der Waals surface area contributed by atoms with E-state index in [0.717, 1.165) is 32.5 Å². The molecule has 2 rings (SSSR count). The lowest BCUT2D eigenvalue weighted by Gasteiger charge is -2.28. The van der Waals surface area contributed by atoms with Crippen molar-refractivity contribution in [3.63, 3.8) is 0 Å². The lowest BCUT2D eigenvalue weighted by Crippen LogP contribution is -2.30. The minimum absolute atomic E-state index is 1.07. The van der Waals surface area contributed by atoms with Crippen molar-refractivity contribution in [2.24, 2.45) is 0 Å². The second-order valence-corrected chi connectivity index (χ2v) is 4.27. The maximum absolute atomic E-state index is 5.05. The first-order valence-electron chi connectivity index (χ1n) is 5.85. The summed E-state index contributed by atoms with van der Waals surface area (Å²) in [5.74, 6) is 0. The number of hydrogen-bond acceptors (Lipinski definition) is 2. The maximum Gasteiger partial charge on any atom is 0.0817 e. The van der Waals surface area contributed by atoms with E-state index in [1.165, 1.54) is 11.1 Å². The van der Waals surface area contributed by atoms with Crippen LogP contribution in [0.25, 0.3) is 0 Å². The minimum Gasteiger partial charge on any atom is -0.504 e. The zero-order valence-electron chi connectivity index (χ0n) is 9.86. The standard InChI is InChI=1S/C14H19NO/c1-16-12-14-7-9-15(10-8-14)11-13-5-3-2-4-6-13/h2-6,12H,7-11H2,1H3. The van der Waals surface area contributed by atoms with Gasteiger partial charge in [-0.3, -0.25) is 4.90 Å². The molecule has 2 nitrogen and oxygen atoms in total. The Bertz CT molecular complexity index is 335. The van der Waals surface area contributed by atoms with Crippen LogP contribution in [0.5, 0.6) is 0 Å². The van der Waals surface area contributed by atoms with Crippen LogP contribution in [0, 0.1) is 0 Å². The molecule has 16 heavy (non-hydrogen) atoms. The molecular weight excluding hydrogens is 198 g/mol. The van der Waals surface area contributed by atoms with Crippen LogP contribution in [-0.2, 0) is 11.3 Å². The summed E-state index contributed by atoms with van der Waals surface area (Å²) in [7, 11) is 1.73. The fourth-order valence-corrected chi connectivity index (χ4v) is 2.12. The highest BCUT2D eigenvalue weighted by Crippen LogP contribution is 2.17. The van der Waals surface area contributed by atoms with Gasteiger partial charge in [-0.25, -0.2) is 0 Å². The molecule has 0 N–H and O–H groups in total. The summed E-state index contributed by atoms with van der Waals surface area (Å²) in [4.78, 5) is 2.50. The highest BCUT2D eigenvalue weighted by Gasteiger charge is 2.13. The number of benzene rings is 1. The monoisotopic (exact) mass is 217 g/mol. The van der Waals surface area contributed by atoms with Gasteiger partial charge in [0.2, 0.25) is 0 Å². The van der Waals surface area contributed by atoms with Crippen molar-refractivity contribution < 1.29 is 4.74 Å². The van der Waals surface area contributed by atoms with E-state index in [1.54, 1.807) is 7.11 Å². The van der Waals surface area contributed by atoms with Crippen LogP contribution in [0.2, 0.25) is 0 Å². The van der Waals surface area contributed by atoms with Crippen molar-refractivity contribution in [3.05, 3.63) is 47.7 Å². The van der Waals surface area contributed by atoms with Gasteiger partial charge in [-0.2, -0.15) is 0 Å². The molecule has 1 aromatic carbocycles. The Morgan fingerprint density at radius 2 is 1.88 bits per heavy atom. The quantitative estimate of drug-likeness (QED) is 0.722. The zero-order valence-corrected chi connectivity index (χ0v) is 9.86. The molecule has 0 amide bonds. The number of ether oxygens (including phenoxy) is 1. The van der Waals surface area contributed by atoms with E-state index in [-0.39, 0.29) is 0 Å². The molecule has 1 aliphatic rings. The topological polar surface area (TPSA) is 12.5 Å². The third kappa shape index (κ3) is 3.11. The lowest BCUT2D eigenvalue weighted by atomic mass is 10.0. The molecule has 0 atom stereocenters.